The van der Waals surface area contributed by atoms with Gasteiger partial charge in [-0.15, -0.1) is 0 Å². The van der Waals surface area contributed by atoms with E-state index in [4.69, 9.17) is 0 Å². The lowest BCUT2D eigenvalue weighted by Gasteiger charge is -2.37. The van der Waals surface area contributed by atoms with Crippen molar-refractivity contribution in [2.75, 3.05) is 57.7 Å². The number of amides is 1. The molecule has 3 heterocycles. The lowest BCUT2D eigenvalue weighted by Crippen LogP contribution is -2.50. The summed E-state index contributed by atoms with van der Waals surface area (Å²) in [5.74, 6) is 0.702. The third-order valence-corrected chi connectivity index (χ3v) is 6.54. The zero-order valence-corrected chi connectivity index (χ0v) is 16.9. The molecule has 3 aliphatic heterocycles. The molecular formula is C22H34N4O. The van der Waals surface area contributed by atoms with Gasteiger partial charge in [0, 0.05) is 62.5 Å². The van der Waals surface area contributed by atoms with E-state index in [1.807, 2.05) is 11.0 Å². The number of likely N-dealkylation sites (tertiary alicyclic amines) is 1. The molecule has 3 aliphatic rings. The number of carbonyl (C=O) groups is 1. The molecule has 0 radical (unpaired) electrons. The predicted molar refractivity (Wildman–Crippen MR) is 111 cm³/mol. The highest BCUT2D eigenvalue weighted by Crippen LogP contribution is 2.33. The minimum Gasteiger partial charge on any atom is -0.384 e. The first-order valence-corrected chi connectivity index (χ1v) is 10.8. The molecule has 1 N–H and O–H groups in total. The molecule has 0 aliphatic carbocycles. The highest BCUT2D eigenvalue weighted by Gasteiger charge is 2.28. The maximum Gasteiger partial charge on any atom is 0.253 e. The Hall–Kier alpha value is -1.59. The fourth-order valence-corrected chi connectivity index (χ4v) is 4.78. The van der Waals surface area contributed by atoms with Gasteiger partial charge < -0.3 is 15.1 Å². The van der Waals surface area contributed by atoms with Gasteiger partial charge in [0.25, 0.3) is 5.91 Å². The van der Waals surface area contributed by atoms with Crippen molar-refractivity contribution in [1.29, 1.82) is 0 Å². The van der Waals surface area contributed by atoms with Crippen LogP contribution in [0.15, 0.2) is 18.2 Å². The van der Waals surface area contributed by atoms with Crippen LogP contribution < -0.4 is 5.32 Å². The molecule has 0 saturated carbocycles. The fourth-order valence-electron chi connectivity index (χ4n) is 4.78. The first-order valence-electron chi connectivity index (χ1n) is 10.8. The van der Waals surface area contributed by atoms with Crippen molar-refractivity contribution in [2.45, 2.75) is 45.1 Å². The van der Waals surface area contributed by atoms with Crippen molar-refractivity contribution in [3.63, 3.8) is 0 Å². The van der Waals surface area contributed by atoms with Crippen LogP contribution in [-0.4, -0.2) is 79.0 Å². The second kappa shape index (κ2) is 8.19. The van der Waals surface area contributed by atoms with E-state index < -0.39 is 0 Å². The van der Waals surface area contributed by atoms with Gasteiger partial charge >= 0.3 is 0 Å². The van der Waals surface area contributed by atoms with Crippen molar-refractivity contribution in [3.8, 4) is 0 Å². The third kappa shape index (κ3) is 4.14. The van der Waals surface area contributed by atoms with Gasteiger partial charge in [-0.05, 0) is 63.5 Å². The average Bonchev–Trinajstić information content (AvgIpc) is 3.10. The monoisotopic (exact) mass is 370 g/mol. The van der Waals surface area contributed by atoms with E-state index in [2.05, 4.69) is 41.1 Å². The van der Waals surface area contributed by atoms with Crippen LogP contribution in [-0.2, 0) is 0 Å². The number of benzene rings is 1. The van der Waals surface area contributed by atoms with Crippen LogP contribution in [0.3, 0.4) is 0 Å². The van der Waals surface area contributed by atoms with Gasteiger partial charge in [0.15, 0.2) is 0 Å². The smallest absolute Gasteiger partial charge is 0.253 e. The molecule has 1 aromatic rings. The first-order chi connectivity index (χ1) is 13.1. The number of nitrogens with zero attached hydrogens (tertiary/aromatic N) is 3. The van der Waals surface area contributed by atoms with E-state index in [1.54, 1.807) is 0 Å². The molecule has 2 saturated heterocycles. The summed E-state index contributed by atoms with van der Waals surface area (Å²) in [5, 5.41) is 3.55. The summed E-state index contributed by atoms with van der Waals surface area (Å²) in [6, 6.07) is 6.85. The standard InChI is InChI=1S/C22H34N4O/c1-17(2)25-10-12-26(13-11-25)22(27)18-6-7-21-20(14-18)19(15-23-21)16-24-8-4-3-5-9-24/h6-7,14,17,19,23H,3-5,8-13,15-16H2,1-2H3. The Balaban J connectivity index is 1.43. The van der Waals surface area contributed by atoms with E-state index in [1.165, 1.54) is 43.6 Å². The van der Waals surface area contributed by atoms with Gasteiger partial charge in [-0.25, -0.2) is 0 Å². The van der Waals surface area contributed by atoms with Crippen LogP contribution in [0.2, 0.25) is 0 Å². The number of rotatable bonds is 4. The Morgan fingerprint density at radius 2 is 1.81 bits per heavy atom. The topological polar surface area (TPSA) is 38.8 Å². The summed E-state index contributed by atoms with van der Waals surface area (Å²) in [4.78, 5) is 20.1. The van der Waals surface area contributed by atoms with Gasteiger partial charge in [0.2, 0.25) is 0 Å². The van der Waals surface area contributed by atoms with Crippen LogP contribution >= 0.6 is 0 Å². The van der Waals surface area contributed by atoms with E-state index in [9.17, 15) is 4.79 Å². The van der Waals surface area contributed by atoms with E-state index in [-0.39, 0.29) is 5.91 Å². The number of carbonyl (C=O) groups excluding carboxylic acids is 1. The number of anilines is 1. The van der Waals surface area contributed by atoms with Crippen LogP contribution in [0, 0.1) is 0 Å². The summed E-state index contributed by atoms with van der Waals surface area (Å²) in [7, 11) is 0. The molecule has 5 heteroatoms. The Labute approximate surface area is 163 Å². The van der Waals surface area contributed by atoms with Crippen molar-refractivity contribution >= 4 is 11.6 Å². The molecular weight excluding hydrogens is 336 g/mol. The summed E-state index contributed by atoms with van der Waals surface area (Å²) in [6.07, 6.45) is 4.03. The Morgan fingerprint density at radius 3 is 2.52 bits per heavy atom. The Bertz CT molecular complexity index is 660. The Kier molecular flexibility index (Phi) is 5.69. The third-order valence-electron chi connectivity index (χ3n) is 6.54. The number of nitrogens with one attached hydrogen (secondary N) is 1. The molecule has 1 aromatic carbocycles. The lowest BCUT2D eigenvalue weighted by molar-refractivity contribution is 0.0595. The maximum absolute atomic E-state index is 13.0. The van der Waals surface area contributed by atoms with Gasteiger partial charge in [0.05, 0.1) is 0 Å². The van der Waals surface area contributed by atoms with Gasteiger partial charge in [-0.1, -0.05) is 6.42 Å². The second-order valence-electron chi connectivity index (χ2n) is 8.66. The first kappa shape index (κ1) is 18.8. The molecule has 2 fully saturated rings. The van der Waals surface area contributed by atoms with Gasteiger partial charge in [0.1, 0.15) is 0 Å². The van der Waals surface area contributed by atoms with E-state index in [0.717, 1.165) is 44.8 Å². The summed E-state index contributed by atoms with van der Waals surface area (Å²) < 4.78 is 0. The molecule has 148 valence electrons. The number of hydrogen-bond acceptors (Lipinski definition) is 4. The molecule has 4 rings (SSSR count). The molecule has 0 bridgehead atoms. The van der Waals surface area contributed by atoms with Crippen LogP contribution in [0.4, 0.5) is 5.69 Å². The quantitative estimate of drug-likeness (QED) is 0.885. The largest absolute Gasteiger partial charge is 0.384 e. The van der Waals surface area contributed by atoms with Crippen LogP contribution in [0.1, 0.15) is 54.9 Å². The molecule has 1 amide bonds. The highest BCUT2D eigenvalue weighted by atomic mass is 16.2. The number of fused-ring (bicyclic) bond motifs is 1. The average molecular weight is 371 g/mol. The molecule has 1 atom stereocenters. The molecule has 27 heavy (non-hydrogen) atoms. The molecule has 0 aromatic heterocycles. The molecule has 5 nitrogen and oxygen atoms in total. The zero-order valence-electron chi connectivity index (χ0n) is 16.9. The van der Waals surface area contributed by atoms with Crippen molar-refractivity contribution in [1.82, 2.24) is 14.7 Å². The lowest BCUT2D eigenvalue weighted by atomic mass is 9.97. The summed E-state index contributed by atoms with van der Waals surface area (Å²) in [6.45, 7) is 12.7. The zero-order chi connectivity index (χ0) is 18.8. The predicted octanol–water partition coefficient (Wildman–Crippen LogP) is 2.85. The summed E-state index contributed by atoms with van der Waals surface area (Å²) >= 11 is 0. The van der Waals surface area contributed by atoms with Crippen molar-refractivity contribution in [3.05, 3.63) is 29.3 Å². The summed E-state index contributed by atoms with van der Waals surface area (Å²) in [5.41, 5.74) is 3.42. The van der Waals surface area contributed by atoms with Crippen LogP contribution in [0.25, 0.3) is 0 Å². The number of piperazine rings is 1. The molecule has 1 unspecified atom stereocenters. The number of piperidine rings is 1. The number of hydrogen-bond donors (Lipinski definition) is 1. The van der Waals surface area contributed by atoms with Crippen molar-refractivity contribution in [2.24, 2.45) is 0 Å². The Morgan fingerprint density at radius 1 is 1.07 bits per heavy atom. The fraction of sp³-hybridized carbons (Fsp3) is 0.682. The molecule has 0 spiro atoms. The SMILES string of the molecule is CC(C)N1CCN(C(=O)c2ccc3c(c2)C(CN2CCCCC2)CN3)CC1. The maximum atomic E-state index is 13.0. The minimum absolute atomic E-state index is 0.199. The second-order valence-corrected chi connectivity index (χ2v) is 8.66. The minimum atomic E-state index is 0.199. The van der Waals surface area contributed by atoms with Crippen LogP contribution in [0.5, 0.6) is 0 Å². The van der Waals surface area contributed by atoms with E-state index in [0.29, 0.717) is 12.0 Å². The van der Waals surface area contributed by atoms with Crippen molar-refractivity contribution < 1.29 is 4.79 Å². The normalized spacial score (nSPS) is 24.1. The van der Waals surface area contributed by atoms with Gasteiger partial charge in [-0.3, -0.25) is 9.69 Å². The van der Waals surface area contributed by atoms with Gasteiger partial charge in [-0.2, -0.15) is 0 Å². The van der Waals surface area contributed by atoms with E-state index >= 15 is 0 Å². The highest BCUT2D eigenvalue weighted by molar-refractivity contribution is 5.95.